The van der Waals surface area contributed by atoms with Crippen LogP contribution in [0.1, 0.15) is 12.0 Å². The van der Waals surface area contributed by atoms with Gasteiger partial charge in [-0.15, -0.1) is 0 Å². The first-order chi connectivity index (χ1) is 5.75. The summed E-state index contributed by atoms with van der Waals surface area (Å²) in [5, 5.41) is 18.3. The second kappa shape index (κ2) is 3.76. The SMILES string of the molecule is O=CCCc1cccc(O)c1O. The highest BCUT2D eigenvalue weighted by Gasteiger charge is 2.03. The third-order valence-electron chi connectivity index (χ3n) is 1.63. The van der Waals surface area contributed by atoms with Crippen LogP contribution >= 0.6 is 0 Å². The molecule has 0 aromatic heterocycles. The summed E-state index contributed by atoms with van der Waals surface area (Å²) in [5.41, 5.74) is 0.599. The molecule has 3 nitrogen and oxygen atoms in total. The first kappa shape index (κ1) is 8.59. The molecule has 0 fully saturated rings. The Labute approximate surface area is 70.3 Å². The van der Waals surface area contributed by atoms with Crippen molar-refractivity contribution in [3.8, 4) is 11.5 Å². The maximum absolute atomic E-state index is 10.0. The molecule has 64 valence electrons. The number of aromatic hydroxyl groups is 2. The van der Waals surface area contributed by atoms with Gasteiger partial charge in [0.1, 0.15) is 6.29 Å². The fourth-order valence-corrected chi connectivity index (χ4v) is 0.994. The molecule has 1 rings (SSSR count). The summed E-state index contributed by atoms with van der Waals surface area (Å²) in [5.74, 6) is -0.266. The molecule has 0 aliphatic rings. The maximum atomic E-state index is 10.0. The number of para-hydroxylation sites is 1. The summed E-state index contributed by atoms with van der Waals surface area (Å²) < 4.78 is 0. The molecule has 12 heavy (non-hydrogen) atoms. The monoisotopic (exact) mass is 166 g/mol. The van der Waals surface area contributed by atoms with Gasteiger partial charge in [-0.1, -0.05) is 12.1 Å². The summed E-state index contributed by atoms with van der Waals surface area (Å²) in [6.45, 7) is 0. The molecular weight excluding hydrogens is 156 g/mol. The Morgan fingerprint density at radius 3 is 2.75 bits per heavy atom. The zero-order chi connectivity index (χ0) is 8.97. The predicted octanol–water partition coefficient (Wildman–Crippen LogP) is 1.23. The molecule has 0 spiro atoms. The molecule has 0 amide bonds. The van der Waals surface area contributed by atoms with Crippen LogP contribution in [0.3, 0.4) is 0 Å². The Balaban J connectivity index is 2.84. The number of hydrogen-bond acceptors (Lipinski definition) is 3. The zero-order valence-electron chi connectivity index (χ0n) is 6.53. The van der Waals surface area contributed by atoms with Crippen LogP contribution in [0.4, 0.5) is 0 Å². The Morgan fingerprint density at radius 1 is 1.33 bits per heavy atom. The fraction of sp³-hybridized carbons (Fsp3) is 0.222. The second-order valence-electron chi connectivity index (χ2n) is 2.49. The lowest BCUT2D eigenvalue weighted by Crippen LogP contribution is -1.86. The molecular formula is C9H10O3. The Morgan fingerprint density at radius 2 is 2.08 bits per heavy atom. The highest BCUT2D eigenvalue weighted by molar-refractivity contribution is 5.52. The van der Waals surface area contributed by atoms with Gasteiger partial charge in [-0.25, -0.2) is 0 Å². The Bertz CT molecular complexity index is 281. The lowest BCUT2D eigenvalue weighted by molar-refractivity contribution is -0.107. The van der Waals surface area contributed by atoms with Gasteiger partial charge in [0, 0.05) is 6.42 Å². The maximum Gasteiger partial charge on any atom is 0.160 e. The highest BCUT2D eigenvalue weighted by atomic mass is 16.3. The van der Waals surface area contributed by atoms with Crippen LogP contribution in [-0.4, -0.2) is 16.5 Å². The largest absolute Gasteiger partial charge is 0.504 e. The van der Waals surface area contributed by atoms with E-state index in [0.29, 0.717) is 18.4 Å². The van der Waals surface area contributed by atoms with Crippen molar-refractivity contribution in [1.82, 2.24) is 0 Å². The number of aryl methyl sites for hydroxylation is 1. The van der Waals surface area contributed by atoms with Crippen molar-refractivity contribution in [2.75, 3.05) is 0 Å². The first-order valence-electron chi connectivity index (χ1n) is 3.69. The number of benzene rings is 1. The van der Waals surface area contributed by atoms with E-state index in [-0.39, 0.29) is 11.5 Å². The minimum atomic E-state index is -0.140. The molecule has 0 bridgehead atoms. The van der Waals surface area contributed by atoms with Gasteiger partial charge in [0.15, 0.2) is 11.5 Å². The fourth-order valence-electron chi connectivity index (χ4n) is 0.994. The smallest absolute Gasteiger partial charge is 0.160 e. The summed E-state index contributed by atoms with van der Waals surface area (Å²) in [6, 6.07) is 4.72. The van der Waals surface area contributed by atoms with Crippen molar-refractivity contribution in [3.05, 3.63) is 23.8 Å². The van der Waals surface area contributed by atoms with Crippen LogP contribution in [0.5, 0.6) is 11.5 Å². The summed E-state index contributed by atoms with van der Waals surface area (Å²) in [6.07, 6.45) is 1.60. The summed E-state index contributed by atoms with van der Waals surface area (Å²) >= 11 is 0. The van der Waals surface area contributed by atoms with Gasteiger partial charge in [-0.3, -0.25) is 0 Å². The Kier molecular flexibility index (Phi) is 2.69. The number of hydrogen-bond donors (Lipinski definition) is 2. The molecule has 3 heteroatoms. The number of rotatable bonds is 3. The molecule has 0 saturated heterocycles. The van der Waals surface area contributed by atoms with Crippen molar-refractivity contribution >= 4 is 6.29 Å². The Hall–Kier alpha value is -1.51. The second-order valence-corrected chi connectivity index (χ2v) is 2.49. The van der Waals surface area contributed by atoms with Crippen LogP contribution < -0.4 is 0 Å². The summed E-state index contributed by atoms with van der Waals surface area (Å²) in [4.78, 5) is 10.0. The van der Waals surface area contributed by atoms with Crippen LogP contribution in [0.25, 0.3) is 0 Å². The molecule has 2 N–H and O–H groups in total. The number of aldehydes is 1. The van der Waals surface area contributed by atoms with Gasteiger partial charge < -0.3 is 15.0 Å². The van der Waals surface area contributed by atoms with E-state index in [4.69, 9.17) is 5.11 Å². The quantitative estimate of drug-likeness (QED) is 0.524. The van der Waals surface area contributed by atoms with Crippen LogP contribution in [-0.2, 0) is 11.2 Å². The number of carbonyl (C=O) groups excluding carboxylic acids is 1. The minimum absolute atomic E-state index is 0.126. The molecule has 1 aromatic rings. The van der Waals surface area contributed by atoms with E-state index in [1.54, 1.807) is 12.1 Å². The van der Waals surface area contributed by atoms with Gasteiger partial charge in [0.2, 0.25) is 0 Å². The van der Waals surface area contributed by atoms with Gasteiger partial charge in [0.25, 0.3) is 0 Å². The highest BCUT2D eigenvalue weighted by Crippen LogP contribution is 2.28. The standard InChI is InChI=1S/C9H10O3/c10-6-2-4-7-3-1-5-8(11)9(7)12/h1,3,5-6,11-12H,2,4H2. The van der Waals surface area contributed by atoms with Gasteiger partial charge in [-0.05, 0) is 18.1 Å². The molecule has 0 aliphatic carbocycles. The third-order valence-corrected chi connectivity index (χ3v) is 1.63. The topological polar surface area (TPSA) is 57.5 Å². The molecule has 0 heterocycles. The van der Waals surface area contributed by atoms with Crippen molar-refractivity contribution in [2.24, 2.45) is 0 Å². The normalized spacial score (nSPS) is 9.67. The molecule has 0 unspecified atom stereocenters. The van der Waals surface area contributed by atoms with Crippen molar-refractivity contribution in [3.63, 3.8) is 0 Å². The lowest BCUT2D eigenvalue weighted by atomic mass is 10.1. The minimum Gasteiger partial charge on any atom is -0.504 e. The number of phenolic OH excluding ortho intramolecular Hbond substituents is 2. The van der Waals surface area contributed by atoms with Crippen molar-refractivity contribution in [1.29, 1.82) is 0 Å². The molecule has 1 aromatic carbocycles. The average molecular weight is 166 g/mol. The van der Waals surface area contributed by atoms with Crippen molar-refractivity contribution < 1.29 is 15.0 Å². The van der Waals surface area contributed by atoms with E-state index in [1.807, 2.05) is 0 Å². The van der Waals surface area contributed by atoms with E-state index in [2.05, 4.69) is 0 Å². The molecule has 0 atom stereocenters. The lowest BCUT2D eigenvalue weighted by Gasteiger charge is -2.02. The molecule has 0 aliphatic heterocycles. The van der Waals surface area contributed by atoms with E-state index in [9.17, 15) is 9.90 Å². The van der Waals surface area contributed by atoms with Crippen LogP contribution in [0.15, 0.2) is 18.2 Å². The van der Waals surface area contributed by atoms with E-state index in [0.717, 1.165) is 6.29 Å². The van der Waals surface area contributed by atoms with E-state index < -0.39 is 0 Å². The van der Waals surface area contributed by atoms with E-state index >= 15 is 0 Å². The molecule has 0 saturated carbocycles. The molecule has 0 radical (unpaired) electrons. The summed E-state index contributed by atoms with van der Waals surface area (Å²) in [7, 11) is 0. The predicted molar refractivity (Wildman–Crippen MR) is 44.2 cm³/mol. The van der Waals surface area contributed by atoms with Crippen molar-refractivity contribution in [2.45, 2.75) is 12.8 Å². The van der Waals surface area contributed by atoms with Crippen LogP contribution in [0, 0.1) is 0 Å². The van der Waals surface area contributed by atoms with Crippen LogP contribution in [0.2, 0.25) is 0 Å². The van der Waals surface area contributed by atoms with Gasteiger partial charge in [-0.2, -0.15) is 0 Å². The van der Waals surface area contributed by atoms with Gasteiger partial charge in [0.05, 0.1) is 0 Å². The van der Waals surface area contributed by atoms with E-state index in [1.165, 1.54) is 6.07 Å². The zero-order valence-corrected chi connectivity index (χ0v) is 6.53. The first-order valence-corrected chi connectivity index (χ1v) is 3.69. The van der Waals surface area contributed by atoms with Gasteiger partial charge >= 0.3 is 0 Å². The number of phenols is 2. The third kappa shape index (κ3) is 1.75. The average Bonchev–Trinajstić information content (AvgIpc) is 2.08. The number of carbonyl (C=O) groups is 1.